The van der Waals surface area contributed by atoms with Crippen molar-refractivity contribution < 1.29 is 4.79 Å². The summed E-state index contributed by atoms with van der Waals surface area (Å²) in [7, 11) is 1.63. The minimum atomic E-state index is -0.0856. The maximum absolute atomic E-state index is 11.7. The highest BCUT2D eigenvalue weighted by molar-refractivity contribution is 5.94. The predicted octanol–water partition coefficient (Wildman–Crippen LogP) is 1.60. The number of amides is 1. The number of aromatic nitrogens is 1. The Bertz CT molecular complexity index is 664. The van der Waals surface area contributed by atoms with Crippen molar-refractivity contribution in [2.24, 2.45) is 4.99 Å². The molecule has 0 atom stereocenters. The first-order chi connectivity index (χ1) is 11.7. The van der Waals surface area contributed by atoms with E-state index in [0.29, 0.717) is 12.1 Å². The SMILES string of the molecule is CCNC(=NCc1cccc(C(=O)NC)c1)NCCn1cccc1. The third kappa shape index (κ3) is 5.46. The number of hydrogen-bond acceptors (Lipinski definition) is 2. The predicted molar refractivity (Wildman–Crippen MR) is 97.1 cm³/mol. The maximum atomic E-state index is 11.7. The molecule has 6 heteroatoms. The van der Waals surface area contributed by atoms with E-state index in [2.05, 4.69) is 25.5 Å². The third-order valence-electron chi connectivity index (χ3n) is 3.51. The van der Waals surface area contributed by atoms with E-state index < -0.39 is 0 Å². The first-order valence-electron chi connectivity index (χ1n) is 8.17. The van der Waals surface area contributed by atoms with Crippen LogP contribution in [0.15, 0.2) is 53.8 Å². The summed E-state index contributed by atoms with van der Waals surface area (Å²) in [5, 5.41) is 9.18. The number of guanidine groups is 1. The first-order valence-corrected chi connectivity index (χ1v) is 8.17. The molecule has 24 heavy (non-hydrogen) atoms. The van der Waals surface area contributed by atoms with Crippen molar-refractivity contribution in [3.63, 3.8) is 0 Å². The van der Waals surface area contributed by atoms with Gasteiger partial charge in [0.1, 0.15) is 0 Å². The Kier molecular flexibility index (Phi) is 6.89. The Morgan fingerprint density at radius 3 is 2.67 bits per heavy atom. The lowest BCUT2D eigenvalue weighted by Gasteiger charge is -2.12. The van der Waals surface area contributed by atoms with E-state index >= 15 is 0 Å². The van der Waals surface area contributed by atoms with Crippen LogP contribution in [-0.4, -0.2) is 36.6 Å². The van der Waals surface area contributed by atoms with Gasteiger partial charge in [-0.1, -0.05) is 12.1 Å². The zero-order chi connectivity index (χ0) is 17.2. The van der Waals surface area contributed by atoms with E-state index in [1.54, 1.807) is 13.1 Å². The van der Waals surface area contributed by atoms with Gasteiger partial charge in [0.15, 0.2) is 5.96 Å². The Morgan fingerprint density at radius 1 is 1.17 bits per heavy atom. The number of carbonyl (C=O) groups is 1. The minimum absolute atomic E-state index is 0.0856. The molecule has 1 heterocycles. The smallest absolute Gasteiger partial charge is 0.251 e. The summed E-state index contributed by atoms with van der Waals surface area (Å²) >= 11 is 0. The fraction of sp³-hybridized carbons (Fsp3) is 0.333. The molecular weight excluding hydrogens is 302 g/mol. The molecule has 1 amide bonds. The molecule has 0 radical (unpaired) electrons. The van der Waals surface area contributed by atoms with Crippen molar-refractivity contribution in [1.82, 2.24) is 20.5 Å². The first kappa shape index (κ1) is 17.6. The molecule has 6 nitrogen and oxygen atoms in total. The summed E-state index contributed by atoms with van der Waals surface area (Å²) < 4.78 is 2.11. The molecule has 3 N–H and O–H groups in total. The normalized spacial score (nSPS) is 11.2. The number of carbonyl (C=O) groups excluding carboxylic acids is 1. The van der Waals surface area contributed by atoms with E-state index in [-0.39, 0.29) is 5.91 Å². The molecule has 0 aliphatic heterocycles. The quantitative estimate of drug-likeness (QED) is 0.534. The van der Waals surface area contributed by atoms with Gasteiger partial charge in [0, 0.05) is 44.6 Å². The molecule has 0 aliphatic rings. The van der Waals surface area contributed by atoms with Crippen LogP contribution in [0.2, 0.25) is 0 Å². The molecule has 2 aromatic rings. The van der Waals surface area contributed by atoms with Crippen molar-refractivity contribution in [2.45, 2.75) is 20.0 Å². The van der Waals surface area contributed by atoms with Crippen molar-refractivity contribution in [2.75, 3.05) is 20.1 Å². The standard InChI is InChI=1S/C18H25N5O/c1-3-20-18(21-9-12-23-10-4-5-11-23)22-14-15-7-6-8-16(13-15)17(24)19-2/h4-8,10-11,13H,3,9,12,14H2,1-2H3,(H,19,24)(H2,20,21,22). The molecular formula is C18H25N5O. The van der Waals surface area contributed by atoms with Crippen LogP contribution >= 0.6 is 0 Å². The molecule has 0 unspecified atom stereocenters. The van der Waals surface area contributed by atoms with Gasteiger partial charge in [-0.15, -0.1) is 0 Å². The minimum Gasteiger partial charge on any atom is -0.357 e. The van der Waals surface area contributed by atoms with E-state index in [4.69, 9.17) is 0 Å². The zero-order valence-electron chi connectivity index (χ0n) is 14.2. The van der Waals surface area contributed by atoms with Gasteiger partial charge in [-0.25, -0.2) is 4.99 Å². The van der Waals surface area contributed by atoms with E-state index in [9.17, 15) is 4.79 Å². The highest BCUT2D eigenvalue weighted by atomic mass is 16.1. The number of rotatable bonds is 7. The number of nitrogens with one attached hydrogen (secondary N) is 3. The highest BCUT2D eigenvalue weighted by Gasteiger charge is 2.04. The van der Waals surface area contributed by atoms with Gasteiger partial charge in [0.25, 0.3) is 5.91 Å². The van der Waals surface area contributed by atoms with Gasteiger partial charge in [-0.05, 0) is 36.8 Å². The second-order valence-corrected chi connectivity index (χ2v) is 5.32. The number of benzene rings is 1. The number of aliphatic imine (C=N–C) groups is 1. The second-order valence-electron chi connectivity index (χ2n) is 5.32. The van der Waals surface area contributed by atoms with E-state index in [1.807, 2.05) is 49.6 Å². The topological polar surface area (TPSA) is 70.4 Å². The molecule has 2 rings (SSSR count). The Labute approximate surface area is 143 Å². The van der Waals surface area contributed by atoms with Crippen LogP contribution in [0.25, 0.3) is 0 Å². The van der Waals surface area contributed by atoms with Crippen LogP contribution in [0.4, 0.5) is 0 Å². The summed E-state index contributed by atoms with van der Waals surface area (Å²) in [5.41, 5.74) is 1.65. The van der Waals surface area contributed by atoms with Gasteiger partial charge in [0.2, 0.25) is 0 Å². The van der Waals surface area contributed by atoms with Crippen LogP contribution in [0.5, 0.6) is 0 Å². The van der Waals surface area contributed by atoms with Crippen LogP contribution in [-0.2, 0) is 13.1 Å². The lowest BCUT2D eigenvalue weighted by molar-refractivity contribution is 0.0963. The Morgan fingerprint density at radius 2 is 1.96 bits per heavy atom. The molecule has 0 spiro atoms. The van der Waals surface area contributed by atoms with Gasteiger partial charge >= 0.3 is 0 Å². The molecule has 0 fully saturated rings. The highest BCUT2D eigenvalue weighted by Crippen LogP contribution is 2.06. The second kappa shape index (κ2) is 9.39. The van der Waals surface area contributed by atoms with Gasteiger partial charge in [-0.2, -0.15) is 0 Å². The van der Waals surface area contributed by atoms with Gasteiger partial charge in [-0.3, -0.25) is 4.79 Å². The van der Waals surface area contributed by atoms with Crippen LogP contribution in [0, 0.1) is 0 Å². The molecule has 1 aromatic heterocycles. The molecule has 1 aromatic carbocycles. The third-order valence-corrected chi connectivity index (χ3v) is 3.51. The molecule has 128 valence electrons. The molecule has 0 aliphatic carbocycles. The Balaban J connectivity index is 1.93. The van der Waals surface area contributed by atoms with Crippen molar-refractivity contribution in [3.05, 3.63) is 59.9 Å². The van der Waals surface area contributed by atoms with Crippen molar-refractivity contribution in [3.8, 4) is 0 Å². The number of hydrogen-bond donors (Lipinski definition) is 3. The molecule has 0 bridgehead atoms. The summed E-state index contributed by atoms with van der Waals surface area (Å²) in [4.78, 5) is 16.3. The monoisotopic (exact) mass is 327 g/mol. The Hall–Kier alpha value is -2.76. The fourth-order valence-electron chi connectivity index (χ4n) is 2.29. The van der Waals surface area contributed by atoms with E-state index in [0.717, 1.165) is 31.2 Å². The average Bonchev–Trinajstić information content (AvgIpc) is 3.12. The van der Waals surface area contributed by atoms with Crippen molar-refractivity contribution in [1.29, 1.82) is 0 Å². The van der Waals surface area contributed by atoms with E-state index in [1.165, 1.54) is 0 Å². The fourth-order valence-corrected chi connectivity index (χ4v) is 2.29. The van der Waals surface area contributed by atoms with Crippen LogP contribution in [0.1, 0.15) is 22.8 Å². The lowest BCUT2D eigenvalue weighted by Crippen LogP contribution is -2.38. The van der Waals surface area contributed by atoms with Gasteiger partial charge < -0.3 is 20.5 Å². The largest absolute Gasteiger partial charge is 0.357 e. The van der Waals surface area contributed by atoms with Crippen molar-refractivity contribution >= 4 is 11.9 Å². The van der Waals surface area contributed by atoms with Crippen LogP contribution in [0.3, 0.4) is 0 Å². The number of nitrogens with zero attached hydrogens (tertiary/aromatic N) is 2. The summed E-state index contributed by atoms with van der Waals surface area (Å²) in [5.74, 6) is 0.688. The molecule has 0 saturated heterocycles. The zero-order valence-corrected chi connectivity index (χ0v) is 14.2. The average molecular weight is 327 g/mol. The lowest BCUT2D eigenvalue weighted by atomic mass is 10.1. The molecule has 0 saturated carbocycles. The summed E-state index contributed by atoms with van der Waals surface area (Å²) in [6.07, 6.45) is 4.08. The maximum Gasteiger partial charge on any atom is 0.251 e. The summed E-state index contributed by atoms with van der Waals surface area (Å²) in [6, 6.07) is 11.5. The van der Waals surface area contributed by atoms with Gasteiger partial charge in [0.05, 0.1) is 6.54 Å². The summed E-state index contributed by atoms with van der Waals surface area (Å²) in [6.45, 7) is 5.02. The van der Waals surface area contributed by atoms with Crippen LogP contribution < -0.4 is 16.0 Å².